The standard InChI is InChI=1S/C10H14FN3/c1-14(2)13-8-12-7-9-3-5-10(11)6-4-9/h3-7,13H,8H2,1-2H3. The molecule has 14 heavy (non-hydrogen) atoms. The Morgan fingerprint density at radius 2 is 2.00 bits per heavy atom. The molecule has 1 rings (SSSR count). The van der Waals surface area contributed by atoms with Gasteiger partial charge in [0.25, 0.3) is 0 Å². The Bertz CT molecular complexity index is 293. The normalized spacial score (nSPS) is 11.4. The Kier molecular flexibility index (Phi) is 4.22. The predicted octanol–water partition coefficient (Wildman–Crippen LogP) is 1.27. The molecule has 0 aromatic heterocycles. The molecule has 0 bridgehead atoms. The molecule has 76 valence electrons. The Morgan fingerprint density at radius 3 is 2.57 bits per heavy atom. The molecule has 0 atom stereocenters. The third-order valence-electron chi connectivity index (χ3n) is 1.59. The third-order valence-corrected chi connectivity index (χ3v) is 1.59. The highest BCUT2D eigenvalue weighted by atomic mass is 19.1. The molecule has 0 aliphatic heterocycles. The van der Waals surface area contributed by atoms with Crippen LogP contribution in [0, 0.1) is 5.82 Å². The van der Waals surface area contributed by atoms with Crippen LogP contribution in [0.3, 0.4) is 0 Å². The fourth-order valence-electron chi connectivity index (χ4n) is 0.882. The summed E-state index contributed by atoms with van der Waals surface area (Å²) in [5, 5.41) is 1.82. The van der Waals surface area contributed by atoms with E-state index in [-0.39, 0.29) is 5.82 Å². The van der Waals surface area contributed by atoms with Crippen molar-refractivity contribution in [1.82, 2.24) is 10.4 Å². The lowest BCUT2D eigenvalue weighted by Gasteiger charge is -2.07. The van der Waals surface area contributed by atoms with Gasteiger partial charge >= 0.3 is 0 Å². The number of hydrogen-bond acceptors (Lipinski definition) is 3. The number of nitrogens with zero attached hydrogens (tertiary/aromatic N) is 2. The summed E-state index contributed by atoms with van der Waals surface area (Å²) in [6.45, 7) is 0.518. The Labute approximate surface area is 83.2 Å². The number of benzene rings is 1. The highest BCUT2D eigenvalue weighted by Gasteiger charge is 1.89. The summed E-state index contributed by atoms with van der Waals surface area (Å²) in [5.74, 6) is -0.228. The van der Waals surface area contributed by atoms with Gasteiger partial charge in [-0.1, -0.05) is 12.1 Å². The second-order valence-electron chi connectivity index (χ2n) is 3.07. The van der Waals surface area contributed by atoms with Gasteiger partial charge in [0.2, 0.25) is 0 Å². The molecule has 0 unspecified atom stereocenters. The molecule has 0 heterocycles. The average Bonchev–Trinajstić information content (AvgIpc) is 2.15. The number of hydrazine groups is 1. The Morgan fingerprint density at radius 1 is 1.36 bits per heavy atom. The van der Waals surface area contributed by atoms with E-state index in [0.29, 0.717) is 6.67 Å². The molecule has 0 saturated heterocycles. The average molecular weight is 195 g/mol. The van der Waals surface area contributed by atoms with E-state index in [1.165, 1.54) is 12.1 Å². The minimum atomic E-state index is -0.228. The van der Waals surface area contributed by atoms with Gasteiger partial charge in [-0.2, -0.15) is 0 Å². The van der Waals surface area contributed by atoms with Crippen LogP contribution in [0.1, 0.15) is 5.56 Å². The van der Waals surface area contributed by atoms with Crippen LogP contribution in [0.2, 0.25) is 0 Å². The minimum Gasteiger partial charge on any atom is -0.276 e. The van der Waals surface area contributed by atoms with E-state index in [9.17, 15) is 4.39 Å². The second kappa shape index (κ2) is 5.47. The highest BCUT2D eigenvalue weighted by Crippen LogP contribution is 1.99. The number of nitrogens with one attached hydrogen (secondary N) is 1. The third kappa shape index (κ3) is 4.11. The second-order valence-corrected chi connectivity index (χ2v) is 3.07. The number of hydrogen-bond donors (Lipinski definition) is 1. The first-order chi connectivity index (χ1) is 6.68. The van der Waals surface area contributed by atoms with Crippen molar-refractivity contribution in [1.29, 1.82) is 0 Å². The van der Waals surface area contributed by atoms with Crippen LogP contribution in [0.4, 0.5) is 4.39 Å². The molecule has 0 fully saturated rings. The highest BCUT2D eigenvalue weighted by molar-refractivity contribution is 5.79. The van der Waals surface area contributed by atoms with E-state index in [1.54, 1.807) is 18.3 Å². The molecule has 0 saturated carbocycles. The first-order valence-corrected chi connectivity index (χ1v) is 4.35. The summed E-state index contributed by atoms with van der Waals surface area (Å²) in [5.41, 5.74) is 3.88. The largest absolute Gasteiger partial charge is 0.276 e. The zero-order valence-corrected chi connectivity index (χ0v) is 8.37. The summed E-state index contributed by atoms with van der Waals surface area (Å²) in [6, 6.07) is 6.21. The molecule has 0 aliphatic rings. The van der Waals surface area contributed by atoms with Crippen molar-refractivity contribution in [2.75, 3.05) is 20.8 Å². The van der Waals surface area contributed by atoms with Crippen molar-refractivity contribution in [3.63, 3.8) is 0 Å². The minimum absolute atomic E-state index is 0.228. The van der Waals surface area contributed by atoms with E-state index < -0.39 is 0 Å². The van der Waals surface area contributed by atoms with Crippen LogP contribution in [0.25, 0.3) is 0 Å². The lowest BCUT2D eigenvalue weighted by atomic mass is 10.2. The van der Waals surface area contributed by atoms with Gasteiger partial charge in [0.1, 0.15) is 12.5 Å². The first-order valence-electron chi connectivity index (χ1n) is 4.35. The van der Waals surface area contributed by atoms with Gasteiger partial charge in [-0.05, 0) is 17.7 Å². The first kappa shape index (κ1) is 10.8. The summed E-state index contributed by atoms with van der Waals surface area (Å²) in [4.78, 5) is 4.11. The number of aliphatic imine (C=N–C) groups is 1. The molecule has 0 aliphatic carbocycles. The molecule has 4 heteroatoms. The molecule has 0 radical (unpaired) electrons. The van der Waals surface area contributed by atoms with Crippen LogP contribution in [-0.4, -0.2) is 32.0 Å². The molecule has 0 amide bonds. The van der Waals surface area contributed by atoms with Crippen LogP contribution < -0.4 is 5.43 Å². The maximum absolute atomic E-state index is 12.5. The smallest absolute Gasteiger partial charge is 0.123 e. The number of rotatable bonds is 4. The van der Waals surface area contributed by atoms with Crippen molar-refractivity contribution < 1.29 is 4.39 Å². The maximum Gasteiger partial charge on any atom is 0.123 e. The monoisotopic (exact) mass is 195 g/mol. The van der Waals surface area contributed by atoms with E-state index in [2.05, 4.69) is 10.4 Å². The van der Waals surface area contributed by atoms with Gasteiger partial charge in [-0.15, -0.1) is 0 Å². The zero-order chi connectivity index (χ0) is 10.4. The molecule has 0 spiro atoms. The lowest BCUT2D eigenvalue weighted by molar-refractivity contribution is 0.296. The zero-order valence-electron chi connectivity index (χ0n) is 8.37. The van der Waals surface area contributed by atoms with Crippen molar-refractivity contribution in [2.24, 2.45) is 4.99 Å². The van der Waals surface area contributed by atoms with Crippen LogP contribution in [0.15, 0.2) is 29.3 Å². The molecular weight excluding hydrogens is 181 g/mol. The van der Waals surface area contributed by atoms with Crippen LogP contribution in [-0.2, 0) is 0 Å². The molecular formula is C10H14FN3. The quantitative estimate of drug-likeness (QED) is 0.578. The van der Waals surface area contributed by atoms with E-state index >= 15 is 0 Å². The maximum atomic E-state index is 12.5. The van der Waals surface area contributed by atoms with E-state index in [0.717, 1.165) is 5.56 Å². The molecule has 3 nitrogen and oxygen atoms in total. The van der Waals surface area contributed by atoms with Crippen molar-refractivity contribution in [3.05, 3.63) is 35.6 Å². The predicted molar refractivity (Wildman–Crippen MR) is 55.7 cm³/mol. The summed E-state index contributed by atoms with van der Waals surface area (Å²) >= 11 is 0. The summed E-state index contributed by atoms with van der Waals surface area (Å²) in [7, 11) is 3.79. The fraction of sp³-hybridized carbons (Fsp3) is 0.300. The fourth-order valence-corrected chi connectivity index (χ4v) is 0.882. The van der Waals surface area contributed by atoms with E-state index in [1.807, 2.05) is 19.1 Å². The molecule has 1 N–H and O–H groups in total. The summed E-state index contributed by atoms with van der Waals surface area (Å²) < 4.78 is 12.5. The van der Waals surface area contributed by atoms with Gasteiger partial charge in [-0.3, -0.25) is 4.99 Å². The van der Waals surface area contributed by atoms with E-state index in [4.69, 9.17) is 0 Å². The van der Waals surface area contributed by atoms with Gasteiger partial charge in [0.05, 0.1) is 0 Å². The SMILES string of the molecule is CN(C)NCN=Cc1ccc(F)cc1. The van der Waals surface area contributed by atoms with Crippen molar-refractivity contribution in [2.45, 2.75) is 0 Å². The van der Waals surface area contributed by atoms with Crippen LogP contribution >= 0.6 is 0 Å². The Hall–Kier alpha value is -1.26. The van der Waals surface area contributed by atoms with Gasteiger partial charge in [0, 0.05) is 20.3 Å². The van der Waals surface area contributed by atoms with Crippen molar-refractivity contribution in [3.8, 4) is 0 Å². The topological polar surface area (TPSA) is 27.6 Å². The summed E-state index contributed by atoms with van der Waals surface area (Å²) in [6.07, 6.45) is 1.70. The molecule has 1 aromatic carbocycles. The van der Waals surface area contributed by atoms with Crippen LogP contribution in [0.5, 0.6) is 0 Å². The molecule has 1 aromatic rings. The van der Waals surface area contributed by atoms with Gasteiger partial charge in [-0.25, -0.2) is 14.8 Å². The van der Waals surface area contributed by atoms with Gasteiger partial charge in [0.15, 0.2) is 0 Å². The number of halogens is 1. The van der Waals surface area contributed by atoms with Gasteiger partial charge < -0.3 is 0 Å². The lowest BCUT2D eigenvalue weighted by Crippen LogP contribution is -2.30. The van der Waals surface area contributed by atoms with Crippen molar-refractivity contribution >= 4 is 6.21 Å². The Balaban J connectivity index is 2.40.